The van der Waals surface area contributed by atoms with Gasteiger partial charge in [0.2, 0.25) is 0 Å². The average Bonchev–Trinajstić information content (AvgIpc) is 3.59. The number of likely N-dealkylation sites (tertiary alicyclic amines) is 1. The van der Waals surface area contributed by atoms with Gasteiger partial charge in [0.1, 0.15) is 5.76 Å². The number of anilines is 1. The molecule has 2 aliphatic heterocycles. The van der Waals surface area contributed by atoms with E-state index in [1.165, 1.54) is 25.8 Å². The zero-order valence-electron chi connectivity index (χ0n) is 20.7. The Kier molecular flexibility index (Phi) is 5.73. The van der Waals surface area contributed by atoms with Crippen LogP contribution in [0.5, 0.6) is 11.5 Å². The Labute approximate surface area is 225 Å². The number of carbonyl (C=O) groups is 1. The molecular formula is C28H30Cl2N2O5. The number of aliphatic hydroxyl groups is 2. The Morgan fingerprint density at radius 3 is 2.68 bits per heavy atom. The number of benzene rings is 2. The molecule has 1 saturated heterocycles. The fraction of sp³-hybridized carbons (Fsp3) is 0.464. The predicted octanol–water partition coefficient (Wildman–Crippen LogP) is 4.96. The van der Waals surface area contributed by atoms with Gasteiger partial charge in [-0.3, -0.25) is 9.69 Å². The topological polar surface area (TPSA) is 102 Å². The Bertz CT molecular complexity index is 1340. The molecule has 0 radical (unpaired) electrons. The lowest BCUT2D eigenvalue weighted by Gasteiger charge is -2.59. The smallest absolute Gasteiger partial charge is 0.254 e. The van der Waals surface area contributed by atoms with E-state index in [4.69, 9.17) is 27.9 Å². The summed E-state index contributed by atoms with van der Waals surface area (Å²) in [5.41, 5.74) is -0.0667. The van der Waals surface area contributed by atoms with Crippen molar-refractivity contribution in [3.63, 3.8) is 0 Å². The molecule has 2 fully saturated rings. The summed E-state index contributed by atoms with van der Waals surface area (Å²) in [7, 11) is 0. The van der Waals surface area contributed by atoms with Crippen molar-refractivity contribution in [1.29, 1.82) is 0 Å². The number of piperidine rings is 1. The number of phenols is 1. The molecule has 2 aromatic carbocycles. The first kappa shape index (κ1) is 24.9. The van der Waals surface area contributed by atoms with Crippen LogP contribution in [-0.4, -0.2) is 57.0 Å². The number of aliphatic hydroxyl groups excluding tert-OH is 1. The van der Waals surface area contributed by atoms with Crippen LogP contribution in [0.25, 0.3) is 0 Å². The van der Waals surface area contributed by atoms with Gasteiger partial charge in [0.25, 0.3) is 5.91 Å². The molecule has 2 heterocycles. The Hall–Kier alpha value is -2.45. The summed E-state index contributed by atoms with van der Waals surface area (Å²) in [6.07, 6.45) is 2.54. The van der Waals surface area contributed by atoms with E-state index < -0.39 is 23.0 Å². The standard InChI is InChI=1S/C28H30Cl2N2O5/c1-14(26(35)31-17-6-7-18(29)19(30)12-17)23(34)25-28-9-10-32(13-15-3-4-15)21(27(28,2)36)11-16-5-8-20(33)24(37-25)22(16)28/h5-8,12,15,21,25,33-34,36H,3-4,9-11,13H2,1-2H3,(H,31,35)/b23-14-/t21-,25+,27-,28+/m1/s1. The van der Waals surface area contributed by atoms with Crippen molar-refractivity contribution in [3.8, 4) is 11.5 Å². The molecule has 1 spiro atoms. The number of nitrogens with zero attached hydrogens (tertiary/aromatic N) is 1. The van der Waals surface area contributed by atoms with Gasteiger partial charge < -0.3 is 25.4 Å². The molecule has 7 nitrogen and oxygen atoms in total. The van der Waals surface area contributed by atoms with Crippen molar-refractivity contribution in [2.75, 3.05) is 18.4 Å². The highest BCUT2D eigenvalue weighted by atomic mass is 35.5. The summed E-state index contributed by atoms with van der Waals surface area (Å²) in [5.74, 6) is 0.102. The Morgan fingerprint density at radius 1 is 1.22 bits per heavy atom. The second-order valence-electron chi connectivity index (χ2n) is 11.1. The number of amides is 1. The molecule has 37 heavy (non-hydrogen) atoms. The average molecular weight is 545 g/mol. The zero-order valence-corrected chi connectivity index (χ0v) is 22.2. The number of nitrogens with one attached hydrogen (secondary N) is 1. The molecular weight excluding hydrogens is 515 g/mol. The molecule has 4 atom stereocenters. The molecule has 0 unspecified atom stereocenters. The first-order valence-electron chi connectivity index (χ1n) is 12.7. The maximum atomic E-state index is 13.2. The number of ether oxygens (including phenoxy) is 1. The van der Waals surface area contributed by atoms with Crippen LogP contribution in [0.1, 0.15) is 44.2 Å². The normalized spacial score (nSPS) is 30.8. The highest BCUT2D eigenvalue weighted by Crippen LogP contribution is 2.63. The number of hydrogen-bond donors (Lipinski definition) is 4. The minimum atomic E-state index is -1.27. The van der Waals surface area contributed by atoms with Crippen LogP contribution in [0, 0.1) is 5.92 Å². The number of carbonyl (C=O) groups excluding carboxylic acids is 1. The summed E-state index contributed by atoms with van der Waals surface area (Å²) in [6.45, 7) is 5.00. The fourth-order valence-corrected chi connectivity index (χ4v) is 6.98. The van der Waals surface area contributed by atoms with Gasteiger partial charge in [-0.25, -0.2) is 0 Å². The lowest BCUT2D eigenvalue weighted by atomic mass is 9.53. The maximum Gasteiger partial charge on any atom is 0.254 e. The summed E-state index contributed by atoms with van der Waals surface area (Å²) in [5, 5.41) is 37.9. The largest absolute Gasteiger partial charge is 0.508 e. The van der Waals surface area contributed by atoms with Gasteiger partial charge in [-0.05, 0) is 81.8 Å². The minimum absolute atomic E-state index is 0.0407. The highest BCUT2D eigenvalue weighted by Gasteiger charge is 2.69. The summed E-state index contributed by atoms with van der Waals surface area (Å²) < 4.78 is 6.27. The monoisotopic (exact) mass is 544 g/mol. The molecule has 6 rings (SSSR count). The van der Waals surface area contributed by atoms with Crippen molar-refractivity contribution in [2.45, 2.75) is 62.7 Å². The van der Waals surface area contributed by atoms with Gasteiger partial charge in [-0.2, -0.15) is 0 Å². The van der Waals surface area contributed by atoms with Gasteiger partial charge in [0.15, 0.2) is 17.6 Å². The number of fused-ring (bicyclic) bond motifs is 1. The molecule has 4 aliphatic rings. The number of phenolic OH excluding ortho intramolecular Hbond substituents is 1. The Balaban J connectivity index is 1.41. The van der Waals surface area contributed by atoms with E-state index in [0.29, 0.717) is 34.5 Å². The number of aromatic hydroxyl groups is 1. The third-order valence-electron chi connectivity index (χ3n) is 8.89. The van der Waals surface area contributed by atoms with Crippen LogP contribution in [0.3, 0.4) is 0 Å². The maximum absolute atomic E-state index is 13.2. The van der Waals surface area contributed by atoms with Gasteiger partial charge in [-0.15, -0.1) is 0 Å². The van der Waals surface area contributed by atoms with Crippen molar-refractivity contribution in [1.82, 2.24) is 4.90 Å². The zero-order chi connectivity index (χ0) is 26.3. The number of hydrogen-bond acceptors (Lipinski definition) is 6. The number of rotatable bonds is 5. The van der Waals surface area contributed by atoms with E-state index in [2.05, 4.69) is 10.2 Å². The van der Waals surface area contributed by atoms with E-state index in [-0.39, 0.29) is 28.9 Å². The van der Waals surface area contributed by atoms with E-state index in [9.17, 15) is 20.1 Å². The van der Waals surface area contributed by atoms with Gasteiger partial charge in [0, 0.05) is 23.8 Å². The van der Waals surface area contributed by atoms with Crippen molar-refractivity contribution in [3.05, 3.63) is 62.8 Å². The molecule has 2 aliphatic carbocycles. The van der Waals surface area contributed by atoms with Crippen molar-refractivity contribution >= 4 is 34.8 Å². The molecule has 1 amide bonds. The van der Waals surface area contributed by atoms with Crippen LogP contribution in [0.15, 0.2) is 41.7 Å². The first-order chi connectivity index (χ1) is 17.5. The van der Waals surface area contributed by atoms with Crippen LogP contribution >= 0.6 is 23.2 Å². The van der Waals surface area contributed by atoms with Crippen LogP contribution in [-0.2, 0) is 16.6 Å². The minimum Gasteiger partial charge on any atom is -0.508 e. The third kappa shape index (κ3) is 3.66. The molecule has 4 N–H and O–H groups in total. The lowest BCUT2D eigenvalue weighted by molar-refractivity contribution is -0.153. The van der Waals surface area contributed by atoms with E-state index in [1.54, 1.807) is 18.2 Å². The van der Waals surface area contributed by atoms with Crippen LogP contribution in [0.2, 0.25) is 10.0 Å². The fourth-order valence-electron chi connectivity index (χ4n) is 6.68. The van der Waals surface area contributed by atoms with Crippen molar-refractivity contribution < 1.29 is 24.9 Å². The first-order valence-corrected chi connectivity index (χ1v) is 13.4. The van der Waals surface area contributed by atoms with E-state index >= 15 is 0 Å². The lowest BCUT2D eigenvalue weighted by Crippen LogP contribution is -2.73. The highest BCUT2D eigenvalue weighted by molar-refractivity contribution is 6.42. The third-order valence-corrected chi connectivity index (χ3v) is 9.63. The van der Waals surface area contributed by atoms with Crippen LogP contribution in [0.4, 0.5) is 5.69 Å². The molecule has 0 aromatic heterocycles. The predicted molar refractivity (Wildman–Crippen MR) is 142 cm³/mol. The van der Waals surface area contributed by atoms with Gasteiger partial charge in [0.05, 0.1) is 26.6 Å². The van der Waals surface area contributed by atoms with Gasteiger partial charge >= 0.3 is 0 Å². The SMILES string of the molecule is C/C(C(=O)Nc1ccc(Cl)c(Cl)c1)=C(/O)[C@@H]1Oc2c(O)ccc3c2[C@@]12CCN(CC1CC1)[C@H](C3)[C@@]2(C)O. The Morgan fingerprint density at radius 2 is 1.97 bits per heavy atom. The second-order valence-corrected chi connectivity index (χ2v) is 11.9. The van der Waals surface area contributed by atoms with Crippen LogP contribution < -0.4 is 10.1 Å². The molecule has 2 aromatic rings. The molecule has 9 heteroatoms. The molecule has 196 valence electrons. The molecule has 2 bridgehead atoms. The van der Waals surface area contributed by atoms with Crippen molar-refractivity contribution in [2.24, 2.45) is 5.92 Å². The summed E-state index contributed by atoms with van der Waals surface area (Å²) >= 11 is 12.1. The molecule has 1 saturated carbocycles. The summed E-state index contributed by atoms with van der Waals surface area (Å²) in [6, 6.07) is 8.05. The second kappa shape index (κ2) is 8.53. The quantitative estimate of drug-likeness (QED) is 0.313. The summed E-state index contributed by atoms with van der Waals surface area (Å²) in [4.78, 5) is 15.5. The van der Waals surface area contributed by atoms with E-state index in [0.717, 1.165) is 24.2 Å². The van der Waals surface area contributed by atoms with E-state index in [1.807, 2.05) is 13.0 Å². The van der Waals surface area contributed by atoms with Gasteiger partial charge in [-0.1, -0.05) is 29.3 Å². The number of halogens is 2.